The second kappa shape index (κ2) is 6.49. The number of hydrogen-bond donors (Lipinski definition) is 1. The number of likely N-dealkylation sites (tertiary alicyclic amines) is 1. The Labute approximate surface area is 115 Å². The Morgan fingerprint density at radius 2 is 2.26 bits per heavy atom. The zero-order chi connectivity index (χ0) is 13.8. The fourth-order valence-corrected chi connectivity index (χ4v) is 3.00. The van der Waals surface area contributed by atoms with Crippen LogP contribution in [0.15, 0.2) is 18.2 Å². The highest BCUT2D eigenvalue weighted by molar-refractivity contribution is 5.25. The molecule has 1 aromatic carbocycles. The highest BCUT2D eigenvalue weighted by atomic mass is 19.1. The topological polar surface area (TPSA) is 29.3 Å². The molecule has 3 heteroatoms. The van der Waals surface area contributed by atoms with E-state index in [2.05, 4.69) is 17.9 Å². The van der Waals surface area contributed by atoms with Crippen LogP contribution in [0.5, 0.6) is 0 Å². The molecule has 2 unspecified atom stereocenters. The van der Waals surface area contributed by atoms with Gasteiger partial charge >= 0.3 is 0 Å². The first-order valence-corrected chi connectivity index (χ1v) is 7.32. The first kappa shape index (κ1) is 14.5. The average molecular weight is 264 g/mol. The molecule has 2 atom stereocenters. The monoisotopic (exact) mass is 264 g/mol. The number of nitrogens with two attached hydrogens (primary N) is 1. The molecule has 1 fully saturated rings. The van der Waals surface area contributed by atoms with Crippen LogP contribution in [0.25, 0.3) is 0 Å². The van der Waals surface area contributed by atoms with E-state index in [-0.39, 0.29) is 11.9 Å². The van der Waals surface area contributed by atoms with Crippen molar-refractivity contribution >= 4 is 0 Å². The molecule has 2 nitrogen and oxygen atoms in total. The Balaban J connectivity index is 2.05. The first-order valence-electron chi connectivity index (χ1n) is 7.32. The number of halogens is 1. The Morgan fingerprint density at radius 3 is 2.95 bits per heavy atom. The van der Waals surface area contributed by atoms with E-state index < -0.39 is 0 Å². The van der Waals surface area contributed by atoms with Crippen LogP contribution in [-0.4, -0.2) is 24.5 Å². The van der Waals surface area contributed by atoms with Gasteiger partial charge in [-0.2, -0.15) is 0 Å². The van der Waals surface area contributed by atoms with Crippen molar-refractivity contribution in [1.82, 2.24) is 4.90 Å². The standard InChI is InChI=1S/C16H25FN2/c1-12-5-6-15(10-16(12)17)13(2)19-9-3-4-14(11-19)7-8-18/h5-6,10,13-14H,3-4,7-9,11,18H2,1-2H3. The summed E-state index contributed by atoms with van der Waals surface area (Å²) in [5.41, 5.74) is 7.46. The minimum absolute atomic E-state index is 0.0973. The molecule has 0 spiro atoms. The van der Waals surface area contributed by atoms with Gasteiger partial charge in [-0.1, -0.05) is 12.1 Å². The third-order valence-corrected chi connectivity index (χ3v) is 4.35. The van der Waals surface area contributed by atoms with Crippen LogP contribution >= 0.6 is 0 Å². The second-order valence-electron chi connectivity index (χ2n) is 5.77. The number of rotatable bonds is 4. The summed E-state index contributed by atoms with van der Waals surface area (Å²) < 4.78 is 13.7. The maximum atomic E-state index is 13.7. The SMILES string of the molecule is Cc1ccc(C(C)N2CCCC(CCN)C2)cc1F. The quantitative estimate of drug-likeness (QED) is 0.904. The van der Waals surface area contributed by atoms with Gasteiger partial charge in [0.1, 0.15) is 5.82 Å². The highest BCUT2D eigenvalue weighted by Gasteiger charge is 2.24. The predicted octanol–water partition coefficient (Wildman–Crippen LogP) is 3.26. The molecule has 0 aliphatic carbocycles. The van der Waals surface area contributed by atoms with Crippen molar-refractivity contribution in [2.45, 2.75) is 39.2 Å². The van der Waals surface area contributed by atoms with Gasteiger partial charge in [-0.25, -0.2) is 4.39 Å². The molecule has 19 heavy (non-hydrogen) atoms. The highest BCUT2D eigenvalue weighted by Crippen LogP contribution is 2.28. The third kappa shape index (κ3) is 3.54. The Morgan fingerprint density at radius 1 is 1.47 bits per heavy atom. The van der Waals surface area contributed by atoms with Crippen molar-refractivity contribution in [3.05, 3.63) is 35.1 Å². The molecule has 1 aliphatic heterocycles. The van der Waals surface area contributed by atoms with Gasteiger partial charge in [-0.05, 0) is 69.3 Å². The molecule has 106 valence electrons. The van der Waals surface area contributed by atoms with Crippen molar-refractivity contribution in [3.63, 3.8) is 0 Å². The van der Waals surface area contributed by atoms with Crippen LogP contribution in [0.2, 0.25) is 0 Å². The second-order valence-corrected chi connectivity index (χ2v) is 5.77. The smallest absolute Gasteiger partial charge is 0.126 e. The Bertz CT molecular complexity index is 417. The van der Waals surface area contributed by atoms with Gasteiger partial charge in [-0.3, -0.25) is 4.90 Å². The van der Waals surface area contributed by atoms with Gasteiger partial charge in [0.15, 0.2) is 0 Å². The molecular formula is C16H25FN2. The fourth-order valence-electron chi connectivity index (χ4n) is 3.00. The minimum atomic E-state index is -0.0973. The van der Waals surface area contributed by atoms with E-state index in [1.165, 1.54) is 12.8 Å². The van der Waals surface area contributed by atoms with Crippen molar-refractivity contribution in [2.24, 2.45) is 11.7 Å². The van der Waals surface area contributed by atoms with E-state index >= 15 is 0 Å². The van der Waals surface area contributed by atoms with Gasteiger partial charge in [0.05, 0.1) is 0 Å². The average Bonchev–Trinajstić information content (AvgIpc) is 2.42. The summed E-state index contributed by atoms with van der Waals surface area (Å²) in [5, 5.41) is 0. The summed E-state index contributed by atoms with van der Waals surface area (Å²) in [7, 11) is 0. The van der Waals surface area contributed by atoms with Crippen LogP contribution in [0.3, 0.4) is 0 Å². The molecule has 0 aromatic heterocycles. The van der Waals surface area contributed by atoms with Crippen molar-refractivity contribution < 1.29 is 4.39 Å². The van der Waals surface area contributed by atoms with Crippen LogP contribution < -0.4 is 5.73 Å². The van der Waals surface area contributed by atoms with Gasteiger partial charge in [-0.15, -0.1) is 0 Å². The normalized spacial score (nSPS) is 22.4. The van der Waals surface area contributed by atoms with Gasteiger partial charge in [0.25, 0.3) is 0 Å². The number of aryl methyl sites for hydroxylation is 1. The molecule has 1 saturated heterocycles. The molecule has 2 rings (SSSR count). The maximum absolute atomic E-state index is 13.7. The minimum Gasteiger partial charge on any atom is -0.330 e. The number of nitrogens with zero attached hydrogens (tertiary/aromatic N) is 1. The summed E-state index contributed by atoms with van der Waals surface area (Å²) in [6, 6.07) is 5.90. The molecule has 0 saturated carbocycles. The molecular weight excluding hydrogens is 239 g/mol. The van der Waals surface area contributed by atoms with Gasteiger partial charge in [0, 0.05) is 12.6 Å². The van der Waals surface area contributed by atoms with Crippen LogP contribution in [0.1, 0.15) is 43.4 Å². The Hall–Kier alpha value is -0.930. The van der Waals surface area contributed by atoms with Crippen LogP contribution in [0.4, 0.5) is 4.39 Å². The molecule has 1 heterocycles. The van der Waals surface area contributed by atoms with E-state index in [1.54, 1.807) is 6.07 Å². The number of hydrogen-bond acceptors (Lipinski definition) is 2. The van der Waals surface area contributed by atoms with E-state index in [1.807, 2.05) is 13.0 Å². The van der Waals surface area contributed by atoms with Crippen molar-refractivity contribution in [3.8, 4) is 0 Å². The van der Waals surface area contributed by atoms with E-state index in [0.717, 1.165) is 37.2 Å². The number of piperidine rings is 1. The van der Waals surface area contributed by atoms with Crippen LogP contribution in [0, 0.1) is 18.7 Å². The van der Waals surface area contributed by atoms with E-state index in [0.29, 0.717) is 5.92 Å². The maximum Gasteiger partial charge on any atom is 0.126 e. The molecule has 2 N–H and O–H groups in total. The van der Waals surface area contributed by atoms with Crippen LogP contribution in [-0.2, 0) is 0 Å². The number of benzene rings is 1. The zero-order valence-electron chi connectivity index (χ0n) is 12.0. The van der Waals surface area contributed by atoms with E-state index in [4.69, 9.17) is 5.73 Å². The van der Waals surface area contributed by atoms with Crippen molar-refractivity contribution in [1.29, 1.82) is 0 Å². The lowest BCUT2D eigenvalue weighted by Crippen LogP contribution is -2.37. The lowest BCUT2D eigenvalue weighted by Gasteiger charge is -2.37. The summed E-state index contributed by atoms with van der Waals surface area (Å²) in [4.78, 5) is 2.47. The molecule has 1 aromatic rings. The molecule has 0 amide bonds. The summed E-state index contributed by atoms with van der Waals surface area (Å²) >= 11 is 0. The van der Waals surface area contributed by atoms with E-state index in [9.17, 15) is 4.39 Å². The fraction of sp³-hybridized carbons (Fsp3) is 0.625. The summed E-state index contributed by atoms with van der Waals surface area (Å²) in [6.45, 7) is 6.95. The molecule has 0 bridgehead atoms. The molecule has 1 aliphatic rings. The summed E-state index contributed by atoms with van der Waals surface area (Å²) in [5.74, 6) is 0.608. The largest absolute Gasteiger partial charge is 0.330 e. The van der Waals surface area contributed by atoms with Gasteiger partial charge < -0.3 is 5.73 Å². The molecule has 0 radical (unpaired) electrons. The zero-order valence-corrected chi connectivity index (χ0v) is 12.0. The predicted molar refractivity (Wildman–Crippen MR) is 77.5 cm³/mol. The van der Waals surface area contributed by atoms with Gasteiger partial charge in [0.2, 0.25) is 0 Å². The third-order valence-electron chi connectivity index (χ3n) is 4.35. The first-order chi connectivity index (χ1) is 9.11. The van der Waals surface area contributed by atoms with Crippen molar-refractivity contribution in [2.75, 3.05) is 19.6 Å². The lowest BCUT2D eigenvalue weighted by molar-refractivity contribution is 0.128. The lowest BCUT2D eigenvalue weighted by atomic mass is 9.92. The Kier molecular flexibility index (Phi) is 4.94. The summed E-state index contributed by atoms with van der Waals surface area (Å²) in [6.07, 6.45) is 3.61.